The molecule has 3 amide bonds. The summed E-state index contributed by atoms with van der Waals surface area (Å²) < 4.78 is 7.05. The average Bonchev–Trinajstić information content (AvgIpc) is 3.67. The first kappa shape index (κ1) is 32.6. The number of amides is 3. The highest BCUT2D eigenvalue weighted by Crippen LogP contribution is 2.65. The van der Waals surface area contributed by atoms with Crippen molar-refractivity contribution in [3.8, 4) is 0 Å². The Labute approximate surface area is 267 Å². The number of rotatable bonds is 14. The molecule has 1 spiro atoms. The summed E-state index contributed by atoms with van der Waals surface area (Å²) >= 11 is 0. The lowest BCUT2D eigenvalue weighted by molar-refractivity contribution is -0.157. The zero-order valence-electron chi connectivity index (χ0n) is 26.8. The number of fused-ring (bicyclic) bond motifs is 1. The van der Waals surface area contributed by atoms with Crippen molar-refractivity contribution in [2.45, 2.75) is 76.3 Å². The summed E-state index contributed by atoms with van der Waals surface area (Å²) in [6, 6.07) is 17.5. The summed E-state index contributed by atoms with van der Waals surface area (Å²) in [5, 5.41) is 10.7. The third kappa shape index (κ3) is 5.42. The van der Waals surface area contributed by atoms with Crippen LogP contribution in [0.3, 0.4) is 0 Å². The van der Waals surface area contributed by atoms with Crippen molar-refractivity contribution in [2.24, 2.45) is 17.8 Å². The van der Waals surface area contributed by atoms with Gasteiger partial charge in [-0.25, -0.2) is 0 Å². The van der Waals surface area contributed by atoms with Gasteiger partial charge in [-0.1, -0.05) is 87.9 Å². The molecule has 240 valence electrons. The number of nitrogens with zero attached hydrogens (tertiary/aromatic N) is 3. The maximum atomic E-state index is 14.9. The molecule has 3 saturated heterocycles. The number of aliphatic hydroxyl groups excluding tert-OH is 1. The minimum atomic E-state index is -1.20. The van der Waals surface area contributed by atoms with Crippen LogP contribution in [0.1, 0.15) is 52.0 Å². The van der Waals surface area contributed by atoms with Crippen LogP contribution in [0.15, 0.2) is 86.0 Å². The van der Waals surface area contributed by atoms with Gasteiger partial charge in [0.25, 0.3) is 0 Å². The van der Waals surface area contributed by atoms with Gasteiger partial charge in [0.15, 0.2) is 0 Å². The SMILES string of the molecule is C=CCN(Cc1ccccc1)C(=O)C1N([C@@H](CO)[C@@H](C)CC)C(=O)[C@@H]2[C@H](C(=O)N(CC=C)c3ccccc3)[C@]3(CC)CCC12O3. The first-order valence-corrected chi connectivity index (χ1v) is 16.3. The maximum Gasteiger partial charge on any atom is 0.249 e. The number of carbonyl (C=O) groups is 3. The molecule has 3 aliphatic rings. The lowest BCUT2D eigenvalue weighted by Crippen LogP contribution is -2.59. The van der Waals surface area contributed by atoms with Crippen molar-refractivity contribution in [3.05, 3.63) is 91.5 Å². The molecule has 2 aromatic carbocycles. The Hall–Kier alpha value is -3.75. The number of hydrogen-bond acceptors (Lipinski definition) is 5. The van der Waals surface area contributed by atoms with E-state index >= 15 is 0 Å². The van der Waals surface area contributed by atoms with Crippen molar-refractivity contribution in [3.63, 3.8) is 0 Å². The first-order chi connectivity index (χ1) is 21.7. The van der Waals surface area contributed by atoms with Gasteiger partial charge in [-0.15, -0.1) is 13.2 Å². The van der Waals surface area contributed by atoms with Gasteiger partial charge in [0.1, 0.15) is 11.6 Å². The lowest BCUT2D eigenvalue weighted by Gasteiger charge is -2.41. The fourth-order valence-corrected chi connectivity index (χ4v) is 8.07. The minimum absolute atomic E-state index is 0.0838. The summed E-state index contributed by atoms with van der Waals surface area (Å²) in [7, 11) is 0. The van der Waals surface area contributed by atoms with Gasteiger partial charge in [0.05, 0.1) is 30.1 Å². The molecule has 45 heavy (non-hydrogen) atoms. The van der Waals surface area contributed by atoms with Crippen LogP contribution in [0.25, 0.3) is 0 Å². The quantitative estimate of drug-likeness (QED) is 0.304. The van der Waals surface area contributed by atoms with Crippen LogP contribution in [-0.4, -0.2) is 75.6 Å². The van der Waals surface area contributed by atoms with E-state index in [0.29, 0.717) is 37.9 Å². The molecule has 2 aromatic rings. The van der Waals surface area contributed by atoms with E-state index in [1.807, 2.05) is 81.4 Å². The lowest BCUT2D eigenvalue weighted by atomic mass is 9.64. The second kappa shape index (κ2) is 13.3. The van der Waals surface area contributed by atoms with Crippen molar-refractivity contribution < 1.29 is 24.2 Å². The Morgan fingerprint density at radius 1 is 1.02 bits per heavy atom. The zero-order valence-corrected chi connectivity index (χ0v) is 26.8. The number of likely N-dealkylation sites (tertiary alicyclic amines) is 1. The van der Waals surface area contributed by atoms with Gasteiger partial charge < -0.3 is 24.5 Å². The number of ether oxygens (including phenoxy) is 1. The Morgan fingerprint density at radius 3 is 2.24 bits per heavy atom. The molecule has 0 saturated carbocycles. The van der Waals surface area contributed by atoms with Crippen LogP contribution in [0.5, 0.6) is 0 Å². The van der Waals surface area contributed by atoms with Crippen molar-refractivity contribution in [1.29, 1.82) is 0 Å². The third-order valence-electron chi connectivity index (χ3n) is 10.5. The highest BCUT2D eigenvalue weighted by atomic mass is 16.5. The van der Waals surface area contributed by atoms with Crippen LogP contribution >= 0.6 is 0 Å². The smallest absolute Gasteiger partial charge is 0.249 e. The van der Waals surface area contributed by atoms with Gasteiger partial charge in [-0.05, 0) is 42.9 Å². The predicted molar refractivity (Wildman–Crippen MR) is 175 cm³/mol. The van der Waals surface area contributed by atoms with E-state index in [2.05, 4.69) is 13.2 Å². The molecule has 3 fully saturated rings. The van der Waals surface area contributed by atoms with Gasteiger partial charge in [0, 0.05) is 25.3 Å². The standard InChI is InChI=1S/C37H47N3O5/c1-6-22-38(24-27-16-12-10-13-17-27)35(44)32-37-21-20-36(9-4,45-37)30(31(37)34(43)40(32)29(25-41)26(5)8-3)33(42)39(23-7-2)28-18-14-11-15-19-28/h6-7,10-19,26,29-32,41H,1-2,8-9,20-25H2,3-5H3/t26-,29-,30+,31-,32?,36-,37?/m0/s1. The molecule has 8 nitrogen and oxygen atoms in total. The fraction of sp³-hybridized carbons (Fsp3) is 0.486. The van der Waals surface area contributed by atoms with Crippen molar-refractivity contribution >= 4 is 23.4 Å². The number of para-hydroxylation sites is 1. The van der Waals surface area contributed by atoms with Crippen LogP contribution in [0.2, 0.25) is 0 Å². The molecular weight excluding hydrogens is 566 g/mol. The van der Waals surface area contributed by atoms with Gasteiger partial charge in [0.2, 0.25) is 17.7 Å². The van der Waals surface area contributed by atoms with E-state index in [1.165, 1.54) is 0 Å². The van der Waals surface area contributed by atoms with E-state index < -0.39 is 35.1 Å². The maximum absolute atomic E-state index is 14.9. The Balaban J connectivity index is 1.64. The summed E-state index contributed by atoms with van der Waals surface area (Å²) in [6.07, 6.45) is 5.65. The Kier molecular flexibility index (Phi) is 9.65. The summed E-state index contributed by atoms with van der Waals surface area (Å²) in [4.78, 5) is 49.5. The molecule has 3 heterocycles. The monoisotopic (exact) mass is 613 g/mol. The van der Waals surface area contributed by atoms with E-state index in [4.69, 9.17) is 4.74 Å². The third-order valence-corrected chi connectivity index (χ3v) is 10.5. The molecule has 2 bridgehead atoms. The minimum Gasteiger partial charge on any atom is -0.394 e. The molecule has 0 radical (unpaired) electrons. The topological polar surface area (TPSA) is 90.4 Å². The molecule has 7 atom stereocenters. The van der Waals surface area contributed by atoms with E-state index in [9.17, 15) is 19.5 Å². The zero-order chi connectivity index (χ0) is 32.4. The molecule has 1 N–H and O–H groups in total. The molecule has 3 aliphatic heterocycles. The number of hydrogen-bond donors (Lipinski definition) is 1. The van der Waals surface area contributed by atoms with Crippen molar-refractivity contribution in [1.82, 2.24) is 9.80 Å². The average molecular weight is 614 g/mol. The fourth-order valence-electron chi connectivity index (χ4n) is 8.07. The van der Waals surface area contributed by atoms with Crippen LogP contribution in [-0.2, 0) is 25.7 Å². The summed E-state index contributed by atoms with van der Waals surface area (Å²) in [5.41, 5.74) is -0.411. The first-order valence-electron chi connectivity index (χ1n) is 16.3. The molecule has 5 rings (SSSR count). The molecular formula is C37H47N3O5. The van der Waals surface area contributed by atoms with Crippen molar-refractivity contribution in [2.75, 3.05) is 24.6 Å². The van der Waals surface area contributed by atoms with Gasteiger partial charge >= 0.3 is 0 Å². The number of carbonyl (C=O) groups excluding carboxylic acids is 3. The summed E-state index contributed by atoms with van der Waals surface area (Å²) in [5.74, 6) is -2.47. The molecule has 2 unspecified atom stereocenters. The number of anilines is 1. The summed E-state index contributed by atoms with van der Waals surface area (Å²) in [6.45, 7) is 14.4. The number of aliphatic hydroxyl groups is 1. The van der Waals surface area contributed by atoms with Crippen LogP contribution in [0, 0.1) is 17.8 Å². The molecule has 0 aliphatic carbocycles. The molecule has 0 aromatic heterocycles. The normalized spacial score (nSPS) is 28.0. The molecule has 8 heteroatoms. The van der Waals surface area contributed by atoms with Crippen LogP contribution in [0.4, 0.5) is 5.69 Å². The van der Waals surface area contributed by atoms with E-state index in [0.717, 1.165) is 5.56 Å². The van der Waals surface area contributed by atoms with Gasteiger partial charge in [-0.2, -0.15) is 0 Å². The second-order valence-corrected chi connectivity index (χ2v) is 12.8. The Morgan fingerprint density at radius 2 is 1.67 bits per heavy atom. The second-order valence-electron chi connectivity index (χ2n) is 12.8. The predicted octanol–water partition coefficient (Wildman–Crippen LogP) is 4.98. The van der Waals surface area contributed by atoms with Crippen LogP contribution < -0.4 is 4.90 Å². The number of benzene rings is 2. The highest BCUT2D eigenvalue weighted by molar-refractivity contribution is 6.03. The van der Waals surface area contributed by atoms with E-state index in [1.54, 1.807) is 26.9 Å². The van der Waals surface area contributed by atoms with Gasteiger partial charge in [-0.3, -0.25) is 14.4 Å². The Bertz CT molecular complexity index is 1400. The largest absolute Gasteiger partial charge is 0.394 e. The van der Waals surface area contributed by atoms with E-state index in [-0.39, 0.29) is 43.3 Å². The highest BCUT2D eigenvalue weighted by Gasteiger charge is 2.79.